The van der Waals surface area contributed by atoms with Crippen LogP contribution in [-0.4, -0.2) is 21.7 Å². The van der Waals surface area contributed by atoms with E-state index in [0.717, 1.165) is 27.9 Å². The first-order chi connectivity index (χ1) is 14.0. The number of rotatable bonds is 5. The lowest BCUT2D eigenvalue weighted by molar-refractivity contribution is -0.137. The van der Waals surface area contributed by atoms with Crippen molar-refractivity contribution in [3.63, 3.8) is 0 Å². The molecule has 0 radical (unpaired) electrons. The predicted octanol–water partition coefficient (Wildman–Crippen LogP) is 4.09. The Bertz CT molecular complexity index is 1090. The van der Waals surface area contributed by atoms with Crippen LogP contribution in [0, 0.1) is 13.8 Å². The van der Waals surface area contributed by atoms with Crippen molar-refractivity contribution in [3.05, 3.63) is 101 Å². The number of carbonyl (C=O) groups excluding carboxylic acids is 2. The first-order valence-corrected chi connectivity index (χ1v) is 9.43. The van der Waals surface area contributed by atoms with Crippen molar-refractivity contribution < 1.29 is 9.59 Å². The highest BCUT2D eigenvalue weighted by molar-refractivity contribution is 6.36. The number of anilines is 1. The topological polar surface area (TPSA) is 62.3 Å². The minimum atomic E-state index is -0.331. The summed E-state index contributed by atoms with van der Waals surface area (Å²) in [4.78, 5) is 31.7. The molecular formula is C24H21N3O2. The monoisotopic (exact) mass is 383 g/mol. The Balaban J connectivity index is 1.74. The quantitative estimate of drug-likeness (QED) is 0.674. The largest absolute Gasteiger partial charge is 0.350 e. The summed E-state index contributed by atoms with van der Waals surface area (Å²) in [5.41, 5.74) is 5.25. The summed E-state index contributed by atoms with van der Waals surface area (Å²) in [7, 11) is 0. The van der Waals surface area contributed by atoms with Gasteiger partial charge >= 0.3 is 0 Å². The van der Waals surface area contributed by atoms with Crippen LogP contribution in [0.2, 0.25) is 0 Å². The fourth-order valence-corrected chi connectivity index (χ4v) is 3.28. The van der Waals surface area contributed by atoms with Crippen molar-refractivity contribution in [2.24, 2.45) is 0 Å². The highest BCUT2D eigenvalue weighted by atomic mass is 16.2. The number of hydrogen-bond acceptors (Lipinski definition) is 4. The van der Waals surface area contributed by atoms with Gasteiger partial charge < -0.3 is 5.32 Å². The Kier molecular flexibility index (Phi) is 4.96. The summed E-state index contributed by atoms with van der Waals surface area (Å²) in [5, 5.41) is 3.18. The Morgan fingerprint density at radius 2 is 1.38 bits per heavy atom. The molecule has 2 aromatic carbocycles. The van der Waals surface area contributed by atoms with E-state index in [-0.39, 0.29) is 18.4 Å². The van der Waals surface area contributed by atoms with Gasteiger partial charge in [0, 0.05) is 18.1 Å². The average Bonchev–Trinajstić information content (AvgIpc) is 2.95. The smallest absolute Gasteiger partial charge is 0.278 e. The van der Waals surface area contributed by atoms with Gasteiger partial charge in [-0.3, -0.25) is 19.5 Å². The molecule has 5 heteroatoms. The van der Waals surface area contributed by atoms with Gasteiger partial charge in [-0.15, -0.1) is 0 Å². The van der Waals surface area contributed by atoms with Gasteiger partial charge in [-0.05, 0) is 49.2 Å². The number of nitrogens with zero attached hydrogens (tertiary/aromatic N) is 2. The third kappa shape index (κ3) is 3.80. The zero-order chi connectivity index (χ0) is 20.4. The zero-order valence-electron chi connectivity index (χ0n) is 16.3. The van der Waals surface area contributed by atoms with E-state index in [4.69, 9.17) is 0 Å². The van der Waals surface area contributed by atoms with Gasteiger partial charge in [-0.2, -0.15) is 0 Å². The molecule has 4 rings (SSSR count). The molecule has 1 aliphatic rings. The van der Waals surface area contributed by atoms with Crippen molar-refractivity contribution >= 4 is 23.1 Å². The molecule has 2 heterocycles. The van der Waals surface area contributed by atoms with Crippen LogP contribution in [0.3, 0.4) is 0 Å². The molecule has 0 fully saturated rings. The summed E-state index contributed by atoms with van der Waals surface area (Å²) in [6.45, 7) is 4.19. The average molecular weight is 383 g/mol. The maximum Gasteiger partial charge on any atom is 0.278 e. The van der Waals surface area contributed by atoms with E-state index < -0.39 is 0 Å². The number of aryl methyl sites for hydroxylation is 2. The summed E-state index contributed by atoms with van der Waals surface area (Å²) in [5.74, 6) is -0.631. The van der Waals surface area contributed by atoms with E-state index >= 15 is 0 Å². The van der Waals surface area contributed by atoms with Crippen LogP contribution in [-0.2, 0) is 16.1 Å². The number of imide groups is 1. The van der Waals surface area contributed by atoms with Crippen LogP contribution in [0.4, 0.5) is 5.69 Å². The van der Waals surface area contributed by atoms with Crippen LogP contribution in [0.15, 0.2) is 78.8 Å². The highest BCUT2D eigenvalue weighted by Gasteiger charge is 2.39. The van der Waals surface area contributed by atoms with E-state index in [1.54, 1.807) is 24.5 Å². The van der Waals surface area contributed by atoms with Gasteiger partial charge in [0.05, 0.1) is 12.1 Å². The van der Waals surface area contributed by atoms with Crippen molar-refractivity contribution in [1.82, 2.24) is 9.88 Å². The van der Waals surface area contributed by atoms with Crippen LogP contribution < -0.4 is 5.32 Å². The van der Waals surface area contributed by atoms with Crippen molar-refractivity contribution in [2.75, 3.05) is 5.32 Å². The summed E-state index contributed by atoms with van der Waals surface area (Å²) in [6, 6.07) is 19.0. The summed E-state index contributed by atoms with van der Waals surface area (Å²) >= 11 is 0. The molecule has 0 bridgehead atoms. The van der Waals surface area contributed by atoms with E-state index in [1.165, 1.54) is 4.90 Å². The molecule has 0 saturated heterocycles. The number of carbonyl (C=O) groups is 2. The lowest BCUT2D eigenvalue weighted by Gasteiger charge is -2.15. The number of amides is 2. The van der Waals surface area contributed by atoms with Gasteiger partial charge in [-0.1, -0.05) is 47.5 Å². The van der Waals surface area contributed by atoms with Crippen LogP contribution in [0.25, 0.3) is 5.57 Å². The number of hydrogen-bond donors (Lipinski definition) is 1. The fraction of sp³-hybridized carbons (Fsp3) is 0.125. The maximum absolute atomic E-state index is 13.3. The van der Waals surface area contributed by atoms with E-state index in [9.17, 15) is 9.59 Å². The lowest BCUT2D eigenvalue weighted by atomic mass is 10.0. The van der Waals surface area contributed by atoms with Gasteiger partial charge in [-0.25, -0.2) is 0 Å². The number of nitrogens with one attached hydrogen (secondary N) is 1. The second kappa shape index (κ2) is 7.72. The number of benzene rings is 2. The molecule has 0 atom stereocenters. The second-order valence-electron chi connectivity index (χ2n) is 7.16. The first kappa shape index (κ1) is 18.6. The van der Waals surface area contributed by atoms with Crippen LogP contribution in [0.5, 0.6) is 0 Å². The SMILES string of the molecule is Cc1ccc(NC2=C(c3ccc(C)cc3)C(=O)N(Cc3ccncc3)C2=O)cc1. The van der Waals surface area contributed by atoms with E-state index in [1.807, 2.05) is 62.4 Å². The van der Waals surface area contributed by atoms with Gasteiger partial charge in [0.25, 0.3) is 11.8 Å². The predicted molar refractivity (Wildman–Crippen MR) is 113 cm³/mol. The first-order valence-electron chi connectivity index (χ1n) is 9.43. The Morgan fingerprint density at radius 1 is 0.793 bits per heavy atom. The normalized spacial score (nSPS) is 13.9. The van der Waals surface area contributed by atoms with Crippen molar-refractivity contribution in [3.8, 4) is 0 Å². The fourth-order valence-electron chi connectivity index (χ4n) is 3.28. The molecule has 0 aliphatic carbocycles. The molecule has 1 aromatic heterocycles. The molecule has 0 saturated carbocycles. The molecule has 5 nitrogen and oxygen atoms in total. The Morgan fingerprint density at radius 3 is 2.00 bits per heavy atom. The van der Waals surface area contributed by atoms with Crippen molar-refractivity contribution in [1.29, 1.82) is 0 Å². The third-order valence-electron chi connectivity index (χ3n) is 4.92. The molecule has 144 valence electrons. The zero-order valence-corrected chi connectivity index (χ0v) is 16.3. The second-order valence-corrected chi connectivity index (χ2v) is 7.16. The summed E-state index contributed by atoms with van der Waals surface area (Å²) < 4.78 is 0. The van der Waals surface area contributed by atoms with Crippen LogP contribution >= 0.6 is 0 Å². The standard InChI is InChI=1S/C24H21N3O2/c1-16-3-7-19(8-4-16)21-22(26-20-9-5-17(2)6-10-20)24(29)27(23(21)28)15-18-11-13-25-14-12-18/h3-14,26H,15H2,1-2H3. The molecule has 1 N–H and O–H groups in total. The van der Waals surface area contributed by atoms with E-state index in [0.29, 0.717) is 11.3 Å². The minimum Gasteiger partial charge on any atom is -0.350 e. The molecule has 1 aliphatic heterocycles. The van der Waals surface area contributed by atoms with Gasteiger partial charge in [0.2, 0.25) is 0 Å². The molecule has 0 unspecified atom stereocenters. The summed E-state index contributed by atoms with van der Waals surface area (Å²) in [6.07, 6.45) is 3.31. The molecule has 3 aromatic rings. The van der Waals surface area contributed by atoms with E-state index in [2.05, 4.69) is 10.3 Å². The highest BCUT2D eigenvalue weighted by Crippen LogP contribution is 2.31. The third-order valence-corrected chi connectivity index (χ3v) is 4.92. The number of pyridine rings is 1. The molecule has 0 spiro atoms. The number of aromatic nitrogens is 1. The maximum atomic E-state index is 13.3. The van der Waals surface area contributed by atoms with Gasteiger partial charge in [0.15, 0.2) is 0 Å². The van der Waals surface area contributed by atoms with Crippen molar-refractivity contribution in [2.45, 2.75) is 20.4 Å². The lowest BCUT2D eigenvalue weighted by Crippen LogP contribution is -2.32. The Labute approximate surface area is 169 Å². The van der Waals surface area contributed by atoms with Gasteiger partial charge in [0.1, 0.15) is 5.70 Å². The minimum absolute atomic E-state index is 0.203. The molecule has 2 amide bonds. The van der Waals surface area contributed by atoms with Crippen LogP contribution in [0.1, 0.15) is 22.3 Å². The Hall–Kier alpha value is -3.73. The molecule has 29 heavy (non-hydrogen) atoms. The molecular weight excluding hydrogens is 362 g/mol.